The van der Waals surface area contributed by atoms with E-state index < -0.39 is 40.7 Å². The summed E-state index contributed by atoms with van der Waals surface area (Å²) in [6.07, 6.45) is -4.58. The summed E-state index contributed by atoms with van der Waals surface area (Å²) in [4.78, 5) is 20.2. The molecule has 1 N–H and O–H groups in total. The third kappa shape index (κ3) is 3.61. The molecule has 0 atom stereocenters. The number of aromatic carboxylic acids is 1. The van der Waals surface area contributed by atoms with Gasteiger partial charge in [0, 0.05) is 12.1 Å². The normalized spacial score (nSPS) is 11.1. The molecule has 0 heterocycles. The van der Waals surface area contributed by atoms with Crippen molar-refractivity contribution in [3.8, 4) is 5.75 Å². The fourth-order valence-electron chi connectivity index (χ4n) is 1.10. The number of rotatable bonds is 4. The molecule has 1 rings (SSSR count). The number of carbonyl (C=O) groups is 1. The second-order valence-electron chi connectivity index (χ2n) is 3.15. The van der Waals surface area contributed by atoms with E-state index in [0.717, 1.165) is 12.1 Å². The van der Waals surface area contributed by atoms with Gasteiger partial charge in [0.1, 0.15) is 11.3 Å². The van der Waals surface area contributed by atoms with E-state index in [1.54, 1.807) is 0 Å². The molecule has 0 radical (unpaired) electrons. The van der Waals surface area contributed by atoms with Gasteiger partial charge in [-0.15, -0.1) is 0 Å². The fourth-order valence-corrected chi connectivity index (χ4v) is 1.10. The first kappa shape index (κ1) is 13.7. The standard InChI is InChI=1S/C9H6F3NO5/c10-9(11,12)4-18-5-1-2-7(13(16)17)6(3-5)8(14)15/h1-3H,4H2,(H,14,15). The Morgan fingerprint density at radius 2 is 2.06 bits per heavy atom. The number of nitrogens with zero attached hydrogens (tertiary/aromatic N) is 1. The highest BCUT2D eigenvalue weighted by atomic mass is 19.4. The van der Waals surface area contributed by atoms with Crippen LogP contribution in [-0.2, 0) is 0 Å². The Bertz CT molecular complexity index is 486. The van der Waals surface area contributed by atoms with Gasteiger partial charge < -0.3 is 9.84 Å². The summed E-state index contributed by atoms with van der Waals surface area (Å²) < 4.78 is 39.9. The van der Waals surface area contributed by atoms with Gasteiger partial charge in [-0.1, -0.05) is 0 Å². The quantitative estimate of drug-likeness (QED) is 0.666. The Balaban J connectivity index is 3.01. The Kier molecular flexibility index (Phi) is 3.74. The minimum atomic E-state index is -4.58. The summed E-state index contributed by atoms with van der Waals surface area (Å²) in [5.74, 6) is -2.03. The van der Waals surface area contributed by atoms with E-state index in [-0.39, 0.29) is 0 Å². The van der Waals surface area contributed by atoms with Crippen molar-refractivity contribution in [1.82, 2.24) is 0 Å². The molecule has 1 aromatic carbocycles. The average molecular weight is 265 g/mol. The number of benzene rings is 1. The van der Waals surface area contributed by atoms with Crippen molar-refractivity contribution in [2.75, 3.05) is 6.61 Å². The van der Waals surface area contributed by atoms with Gasteiger partial charge in [-0.3, -0.25) is 10.1 Å². The Labute approximate surface area is 97.7 Å². The van der Waals surface area contributed by atoms with Crippen LogP contribution >= 0.6 is 0 Å². The molecular weight excluding hydrogens is 259 g/mol. The Morgan fingerprint density at radius 1 is 1.44 bits per heavy atom. The predicted molar refractivity (Wildman–Crippen MR) is 51.6 cm³/mol. The molecule has 0 aromatic heterocycles. The molecule has 0 bridgehead atoms. The monoisotopic (exact) mass is 265 g/mol. The van der Waals surface area contributed by atoms with Crippen LogP contribution in [0.5, 0.6) is 5.75 Å². The summed E-state index contributed by atoms with van der Waals surface area (Å²) in [5.41, 5.74) is -1.46. The second-order valence-corrected chi connectivity index (χ2v) is 3.15. The summed E-state index contributed by atoms with van der Waals surface area (Å²) in [7, 11) is 0. The topological polar surface area (TPSA) is 89.7 Å². The fraction of sp³-hybridized carbons (Fsp3) is 0.222. The summed E-state index contributed by atoms with van der Waals surface area (Å²) in [6, 6.07) is 2.34. The van der Waals surface area contributed by atoms with Crippen LogP contribution in [0.25, 0.3) is 0 Å². The van der Waals surface area contributed by atoms with E-state index >= 15 is 0 Å². The summed E-state index contributed by atoms with van der Waals surface area (Å²) in [6.45, 7) is -1.61. The van der Waals surface area contributed by atoms with Crippen LogP contribution in [0.2, 0.25) is 0 Å². The van der Waals surface area contributed by atoms with E-state index in [2.05, 4.69) is 4.74 Å². The first-order chi connectivity index (χ1) is 8.20. The first-order valence-electron chi connectivity index (χ1n) is 4.42. The van der Waals surface area contributed by atoms with Gasteiger partial charge in [0.2, 0.25) is 0 Å². The van der Waals surface area contributed by atoms with Crippen molar-refractivity contribution in [3.05, 3.63) is 33.9 Å². The molecule has 9 heteroatoms. The van der Waals surface area contributed by atoms with E-state index in [1.807, 2.05) is 0 Å². The maximum absolute atomic E-state index is 11.9. The number of nitro groups is 1. The molecule has 0 amide bonds. The lowest BCUT2D eigenvalue weighted by atomic mass is 10.1. The molecule has 1 aromatic rings. The van der Waals surface area contributed by atoms with Gasteiger partial charge >= 0.3 is 12.1 Å². The molecule has 0 spiro atoms. The highest BCUT2D eigenvalue weighted by molar-refractivity contribution is 5.92. The molecule has 0 saturated heterocycles. The van der Waals surface area contributed by atoms with Crippen molar-refractivity contribution in [2.45, 2.75) is 6.18 Å². The summed E-state index contributed by atoms with van der Waals surface area (Å²) in [5, 5.41) is 19.2. The molecule has 6 nitrogen and oxygen atoms in total. The van der Waals surface area contributed by atoms with Gasteiger partial charge in [-0.25, -0.2) is 4.79 Å². The van der Waals surface area contributed by atoms with Crippen LogP contribution in [0.1, 0.15) is 10.4 Å². The zero-order chi connectivity index (χ0) is 13.9. The highest BCUT2D eigenvalue weighted by Crippen LogP contribution is 2.25. The minimum Gasteiger partial charge on any atom is -0.484 e. The van der Waals surface area contributed by atoms with Crippen molar-refractivity contribution in [1.29, 1.82) is 0 Å². The van der Waals surface area contributed by atoms with Crippen LogP contribution in [0.4, 0.5) is 18.9 Å². The minimum absolute atomic E-state index is 0.407. The van der Waals surface area contributed by atoms with Crippen LogP contribution in [0.15, 0.2) is 18.2 Å². The van der Waals surface area contributed by atoms with Crippen LogP contribution in [0.3, 0.4) is 0 Å². The first-order valence-corrected chi connectivity index (χ1v) is 4.42. The van der Waals surface area contributed by atoms with Crippen LogP contribution in [0, 0.1) is 10.1 Å². The molecule has 0 saturated carbocycles. The summed E-state index contributed by atoms with van der Waals surface area (Å²) >= 11 is 0. The average Bonchev–Trinajstić information content (AvgIpc) is 2.24. The van der Waals surface area contributed by atoms with Crippen molar-refractivity contribution in [2.24, 2.45) is 0 Å². The molecule has 98 valence electrons. The molecule has 0 aliphatic carbocycles. The lowest BCUT2D eigenvalue weighted by Crippen LogP contribution is -2.19. The zero-order valence-electron chi connectivity index (χ0n) is 8.60. The third-order valence-corrected chi connectivity index (χ3v) is 1.80. The molecular formula is C9H6F3NO5. The van der Waals surface area contributed by atoms with Crippen LogP contribution < -0.4 is 4.74 Å². The highest BCUT2D eigenvalue weighted by Gasteiger charge is 2.29. The number of ether oxygens (including phenoxy) is 1. The molecule has 18 heavy (non-hydrogen) atoms. The largest absolute Gasteiger partial charge is 0.484 e. The van der Waals surface area contributed by atoms with Crippen molar-refractivity contribution >= 4 is 11.7 Å². The van der Waals surface area contributed by atoms with Gasteiger partial charge in [0.05, 0.1) is 4.92 Å². The maximum atomic E-state index is 11.9. The van der Waals surface area contributed by atoms with E-state index in [0.29, 0.717) is 6.07 Å². The van der Waals surface area contributed by atoms with Crippen molar-refractivity contribution in [3.63, 3.8) is 0 Å². The molecule has 0 aliphatic heterocycles. The number of alkyl halides is 3. The third-order valence-electron chi connectivity index (χ3n) is 1.80. The Morgan fingerprint density at radius 3 is 2.50 bits per heavy atom. The maximum Gasteiger partial charge on any atom is 0.422 e. The lowest BCUT2D eigenvalue weighted by Gasteiger charge is -2.09. The van der Waals surface area contributed by atoms with E-state index in [1.165, 1.54) is 0 Å². The van der Waals surface area contributed by atoms with Gasteiger partial charge in [-0.2, -0.15) is 13.2 Å². The lowest BCUT2D eigenvalue weighted by molar-refractivity contribution is -0.385. The van der Waals surface area contributed by atoms with Crippen molar-refractivity contribution < 1.29 is 32.7 Å². The van der Waals surface area contributed by atoms with Gasteiger partial charge in [0.25, 0.3) is 5.69 Å². The smallest absolute Gasteiger partial charge is 0.422 e. The number of nitro benzene ring substituents is 1. The van der Waals surface area contributed by atoms with E-state index in [9.17, 15) is 28.1 Å². The number of carboxylic acid groups (broad SMARTS) is 1. The zero-order valence-corrected chi connectivity index (χ0v) is 8.60. The number of carboxylic acids is 1. The molecule has 0 unspecified atom stereocenters. The molecule has 0 aliphatic rings. The Hall–Kier alpha value is -2.32. The van der Waals surface area contributed by atoms with E-state index in [4.69, 9.17) is 5.11 Å². The molecule has 0 fully saturated rings. The number of hydrogen-bond donors (Lipinski definition) is 1. The van der Waals surface area contributed by atoms with Gasteiger partial charge in [0.15, 0.2) is 6.61 Å². The number of halogens is 3. The SMILES string of the molecule is O=C(O)c1cc(OCC(F)(F)F)ccc1[N+](=O)[O-]. The predicted octanol–water partition coefficient (Wildman–Crippen LogP) is 2.23. The van der Waals surface area contributed by atoms with Crippen LogP contribution in [-0.4, -0.2) is 28.8 Å². The number of hydrogen-bond acceptors (Lipinski definition) is 4. The second kappa shape index (κ2) is 4.90. The van der Waals surface area contributed by atoms with Gasteiger partial charge in [-0.05, 0) is 6.07 Å².